The quantitative estimate of drug-likeness (QED) is 0.370. The van der Waals surface area contributed by atoms with E-state index in [-0.39, 0.29) is 5.91 Å². The Balaban J connectivity index is 1.37. The lowest BCUT2D eigenvalue weighted by atomic mass is 9.94. The van der Waals surface area contributed by atoms with Crippen molar-refractivity contribution in [3.63, 3.8) is 0 Å². The molecular formula is C27H28ClN5O3. The van der Waals surface area contributed by atoms with Gasteiger partial charge in [-0.2, -0.15) is 4.98 Å². The van der Waals surface area contributed by atoms with Crippen LogP contribution in [0.1, 0.15) is 26.3 Å². The van der Waals surface area contributed by atoms with E-state index in [0.717, 1.165) is 43.1 Å². The minimum absolute atomic E-state index is 0.0825. The van der Waals surface area contributed by atoms with Gasteiger partial charge >= 0.3 is 6.01 Å². The summed E-state index contributed by atoms with van der Waals surface area (Å²) in [6, 6.07) is 17.9. The molecule has 2 aromatic heterocycles. The summed E-state index contributed by atoms with van der Waals surface area (Å²) in [6.45, 7) is 8.57. The highest BCUT2D eigenvalue weighted by molar-refractivity contribution is 6.33. The molecule has 9 heteroatoms. The zero-order chi connectivity index (χ0) is 25.3. The van der Waals surface area contributed by atoms with E-state index >= 15 is 0 Å². The number of imidazole rings is 1. The summed E-state index contributed by atoms with van der Waals surface area (Å²) in [5.41, 5.74) is 4.39. The standard InChI is InChI=1S/C27H28ClN5O3/c1-17(34)32-27(2,3)19-7-9-21(10-8-19)36-26-29-23-16-22(28)24(30-25(23)31-26)18-5-4-6-20(15-18)33-11-13-35-14-12-33/h4-10,15-16H,11-14H2,1-3H3,(H,32,34)(H,29,30,31). The van der Waals surface area contributed by atoms with Crippen LogP contribution in [0.15, 0.2) is 54.6 Å². The molecule has 0 spiro atoms. The zero-order valence-electron chi connectivity index (χ0n) is 20.5. The van der Waals surface area contributed by atoms with E-state index in [9.17, 15) is 4.79 Å². The number of fused-ring (bicyclic) bond motifs is 1. The van der Waals surface area contributed by atoms with Crippen molar-refractivity contribution in [3.05, 3.63) is 65.2 Å². The average molecular weight is 506 g/mol. The lowest BCUT2D eigenvalue weighted by molar-refractivity contribution is -0.120. The van der Waals surface area contributed by atoms with Crippen LogP contribution in [0.5, 0.6) is 11.8 Å². The van der Waals surface area contributed by atoms with Crippen LogP contribution in [0, 0.1) is 0 Å². The van der Waals surface area contributed by atoms with Gasteiger partial charge in [0.1, 0.15) is 5.75 Å². The second-order valence-corrected chi connectivity index (χ2v) is 9.72. The van der Waals surface area contributed by atoms with Gasteiger partial charge < -0.3 is 24.7 Å². The number of aromatic amines is 1. The largest absolute Gasteiger partial charge is 0.426 e. The molecule has 4 aromatic rings. The Morgan fingerprint density at radius 1 is 1.11 bits per heavy atom. The Morgan fingerprint density at radius 2 is 1.86 bits per heavy atom. The third-order valence-corrected chi connectivity index (χ3v) is 6.47. The van der Waals surface area contributed by atoms with E-state index < -0.39 is 5.54 Å². The number of carbonyl (C=O) groups is 1. The van der Waals surface area contributed by atoms with Crippen molar-refractivity contribution >= 4 is 34.4 Å². The summed E-state index contributed by atoms with van der Waals surface area (Å²) in [5.74, 6) is 0.530. The number of morpholine rings is 1. The molecule has 1 aliphatic heterocycles. The van der Waals surface area contributed by atoms with Crippen LogP contribution in [0.25, 0.3) is 22.4 Å². The van der Waals surface area contributed by atoms with Crippen LogP contribution in [-0.4, -0.2) is 47.2 Å². The smallest absolute Gasteiger partial charge is 0.301 e. The molecule has 1 aliphatic rings. The highest BCUT2D eigenvalue weighted by Gasteiger charge is 2.21. The van der Waals surface area contributed by atoms with Gasteiger partial charge in [0.25, 0.3) is 0 Å². The number of hydrogen-bond donors (Lipinski definition) is 2. The fourth-order valence-electron chi connectivity index (χ4n) is 4.38. The Morgan fingerprint density at radius 3 is 2.58 bits per heavy atom. The van der Waals surface area contributed by atoms with Gasteiger partial charge in [0.2, 0.25) is 5.91 Å². The maximum absolute atomic E-state index is 11.5. The molecule has 0 atom stereocenters. The maximum Gasteiger partial charge on any atom is 0.301 e. The first-order chi connectivity index (χ1) is 17.3. The van der Waals surface area contributed by atoms with Gasteiger partial charge in [0, 0.05) is 31.3 Å². The van der Waals surface area contributed by atoms with Crippen molar-refractivity contribution in [2.24, 2.45) is 0 Å². The van der Waals surface area contributed by atoms with Gasteiger partial charge in [0.15, 0.2) is 5.65 Å². The highest BCUT2D eigenvalue weighted by Crippen LogP contribution is 2.32. The predicted molar refractivity (Wildman–Crippen MR) is 141 cm³/mol. The van der Waals surface area contributed by atoms with E-state index in [1.54, 1.807) is 0 Å². The second-order valence-electron chi connectivity index (χ2n) is 9.31. The van der Waals surface area contributed by atoms with Crippen molar-refractivity contribution in [2.75, 3.05) is 31.2 Å². The molecule has 1 saturated heterocycles. The zero-order valence-corrected chi connectivity index (χ0v) is 21.2. The van der Waals surface area contributed by atoms with E-state index in [1.807, 2.05) is 56.3 Å². The first-order valence-corrected chi connectivity index (χ1v) is 12.2. The monoisotopic (exact) mass is 505 g/mol. The van der Waals surface area contributed by atoms with Crippen molar-refractivity contribution in [1.29, 1.82) is 0 Å². The third kappa shape index (κ3) is 5.15. The number of rotatable bonds is 6. The minimum Gasteiger partial charge on any atom is -0.426 e. The highest BCUT2D eigenvalue weighted by atomic mass is 35.5. The van der Waals surface area contributed by atoms with E-state index in [4.69, 9.17) is 26.1 Å². The fraction of sp³-hybridized carbons (Fsp3) is 0.296. The maximum atomic E-state index is 11.5. The number of ether oxygens (including phenoxy) is 2. The number of hydrogen-bond acceptors (Lipinski definition) is 6. The lowest BCUT2D eigenvalue weighted by Crippen LogP contribution is -2.39. The SMILES string of the molecule is CC(=O)NC(C)(C)c1ccc(Oc2nc3nc(-c4cccc(N5CCOCC5)c4)c(Cl)cc3[nH]2)cc1. The summed E-state index contributed by atoms with van der Waals surface area (Å²) in [5, 5.41) is 3.47. The van der Waals surface area contributed by atoms with Crippen molar-refractivity contribution < 1.29 is 14.3 Å². The molecule has 1 amide bonds. The van der Waals surface area contributed by atoms with E-state index in [0.29, 0.717) is 33.6 Å². The number of benzene rings is 2. The molecule has 1 fully saturated rings. The van der Waals surface area contributed by atoms with Gasteiger partial charge in [-0.25, -0.2) is 4.98 Å². The van der Waals surface area contributed by atoms with Crippen LogP contribution in [0.2, 0.25) is 5.02 Å². The third-order valence-electron chi connectivity index (χ3n) is 6.18. The molecule has 8 nitrogen and oxygen atoms in total. The van der Waals surface area contributed by atoms with Crippen LogP contribution in [0.4, 0.5) is 5.69 Å². The number of amides is 1. The molecule has 2 aromatic carbocycles. The van der Waals surface area contributed by atoms with E-state index in [2.05, 4.69) is 32.3 Å². The van der Waals surface area contributed by atoms with Crippen LogP contribution in [0.3, 0.4) is 0 Å². The average Bonchev–Trinajstić information content (AvgIpc) is 3.24. The number of anilines is 1. The number of carbonyl (C=O) groups excluding carboxylic acids is 1. The van der Waals surface area contributed by atoms with Gasteiger partial charge in [-0.1, -0.05) is 35.9 Å². The summed E-state index contributed by atoms with van der Waals surface area (Å²) in [7, 11) is 0. The molecule has 3 heterocycles. The summed E-state index contributed by atoms with van der Waals surface area (Å²) < 4.78 is 11.4. The first-order valence-electron chi connectivity index (χ1n) is 11.8. The van der Waals surface area contributed by atoms with Crippen LogP contribution in [-0.2, 0) is 15.1 Å². The number of nitrogens with zero attached hydrogens (tertiary/aromatic N) is 3. The van der Waals surface area contributed by atoms with Crippen molar-refractivity contribution in [3.8, 4) is 23.0 Å². The Bertz CT molecular complexity index is 1390. The second kappa shape index (κ2) is 9.79. The van der Waals surface area contributed by atoms with E-state index in [1.165, 1.54) is 6.92 Å². The number of aromatic nitrogens is 3. The first kappa shape index (κ1) is 24.1. The Labute approximate surface area is 214 Å². The number of nitrogens with one attached hydrogen (secondary N) is 2. The summed E-state index contributed by atoms with van der Waals surface area (Å²) >= 11 is 6.63. The van der Waals surface area contributed by atoms with Gasteiger partial charge in [-0.3, -0.25) is 4.79 Å². The Kier molecular flexibility index (Phi) is 6.55. The van der Waals surface area contributed by atoms with Crippen LogP contribution >= 0.6 is 11.6 Å². The molecule has 0 aliphatic carbocycles. The fourth-order valence-corrected chi connectivity index (χ4v) is 4.64. The molecule has 5 rings (SSSR count). The number of halogens is 1. The molecule has 0 radical (unpaired) electrons. The summed E-state index contributed by atoms with van der Waals surface area (Å²) in [4.78, 5) is 26.2. The molecule has 0 saturated carbocycles. The van der Waals surface area contributed by atoms with Crippen molar-refractivity contribution in [2.45, 2.75) is 26.3 Å². The molecule has 186 valence electrons. The molecular weight excluding hydrogens is 478 g/mol. The van der Waals surface area contributed by atoms with Crippen LogP contribution < -0.4 is 15.0 Å². The van der Waals surface area contributed by atoms with Gasteiger partial charge in [0.05, 0.1) is 35.0 Å². The Hall–Kier alpha value is -3.62. The molecule has 2 N–H and O–H groups in total. The van der Waals surface area contributed by atoms with Gasteiger partial charge in [-0.15, -0.1) is 0 Å². The normalized spacial score (nSPS) is 14.2. The summed E-state index contributed by atoms with van der Waals surface area (Å²) in [6.07, 6.45) is 0. The topological polar surface area (TPSA) is 92.4 Å². The van der Waals surface area contributed by atoms with Crippen molar-refractivity contribution in [1.82, 2.24) is 20.3 Å². The minimum atomic E-state index is -0.486. The number of pyridine rings is 1. The molecule has 0 bridgehead atoms. The van der Waals surface area contributed by atoms with Gasteiger partial charge in [-0.05, 0) is 49.7 Å². The molecule has 36 heavy (non-hydrogen) atoms. The number of H-pyrrole nitrogens is 1. The molecule has 0 unspecified atom stereocenters. The lowest BCUT2D eigenvalue weighted by Gasteiger charge is -2.29. The predicted octanol–water partition coefficient (Wildman–Crippen LogP) is 5.28.